The first-order chi connectivity index (χ1) is 32.1. The summed E-state index contributed by atoms with van der Waals surface area (Å²) in [6.07, 6.45) is 57.0. The van der Waals surface area contributed by atoms with Crippen molar-refractivity contribution in [2.24, 2.45) is 0 Å². The van der Waals surface area contributed by atoms with Gasteiger partial charge in [0, 0.05) is 19.3 Å². The van der Waals surface area contributed by atoms with Crippen molar-refractivity contribution in [1.29, 1.82) is 0 Å². The number of rotatable bonds is 53. The number of nitrogens with zero attached hydrogens (tertiary/aromatic N) is 1. The Bertz CT molecular complexity index is 1090. The SMILES string of the molecule is CCCCCCCCCCCCCC/C=C/CCCCCCCCCC(=O)OC(COCCC(C(=O)O)[N+](C)(C)C)COC(=O)CCCCCCCCCCCCCCCCCCCCC. The van der Waals surface area contributed by atoms with Crippen LogP contribution in [0.4, 0.5) is 0 Å². The van der Waals surface area contributed by atoms with E-state index in [1.54, 1.807) is 0 Å². The molecule has 0 saturated heterocycles. The normalized spacial score (nSPS) is 12.8. The average molecular weight is 936 g/mol. The van der Waals surface area contributed by atoms with Crippen LogP contribution < -0.4 is 0 Å². The van der Waals surface area contributed by atoms with Crippen molar-refractivity contribution in [1.82, 2.24) is 0 Å². The highest BCUT2D eigenvalue weighted by atomic mass is 16.6. The number of carbonyl (C=O) groups is 3. The second kappa shape index (κ2) is 49.5. The molecule has 0 aromatic carbocycles. The van der Waals surface area contributed by atoms with Crippen molar-refractivity contribution in [2.45, 2.75) is 302 Å². The van der Waals surface area contributed by atoms with E-state index >= 15 is 0 Å². The van der Waals surface area contributed by atoms with Gasteiger partial charge in [0.2, 0.25) is 0 Å². The first-order valence-corrected chi connectivity index (χ1v) is 28.7. The Hall–Kier alpha value is -1.93. The average Bonchev–Trinajstić information content (AvgIpc) is 3.28. The summed E-state index contributed by atoms with van der Waals surface area (Å²) in [5.41, 5.74) is 0. The molecule has 0 rings (SSSR count). The summed E-state index contributed by atoms with van der Waals surface area (Å²) in [5.74, 6) is -1.45. The first kappa shape index (κ1) is 64.1. The van der Waals surface area contributed by atoms with Gasteiger partial charge in [-0.1, -0.05) is 244 Å². The van der Waals surface area contributed by atoms with Gasteiger partial charge in [0.25, 0.3) is 0 Å². The molecule has 8 heteroatoms. The lowest BCUT2D eigenvalue weighted by atomic mass is 10.0. The molecule has 2 unspecified atom stereocenters. The van der Waals surface area contributed by atoms with Gasteiger partial charge in [0.1, 0.15) is 6.61 Å². The highest BCUT2D eigenvalue weighted by Gasteiger charge is 2.31. The maximum atomic E-state index is 12.8. The maximum Gasteiger partial charge on any atom is 0.362 e. The number of aliphatic carboxylic acids is 1. The van der Waals surface area contributed by atoms with Crippen LogP contribution in [0.3, 0.4) is 0 Å². The van der Waals surface area contributed by atoms with Crippen LogP contribution in [-0.4, -0.2) is 80.6 Å². The Morgan fingerprint density at radius 3 is 1.09 bits per heavy atom. The molecule has 0 aromatic rings. The molecule has 0 fully saturated rings. The molecule has 2 atom stereocenters. The number of unbranched alkanes of at least 4 members (excludes halogenated alkanes) is 37. The Labute approximate surface area is 409 Å². The van der Waals surface area contributed by atoms with E-state index in [1.165, 1.54) is 218 Å². The fraction of sp³-hybridized carbons (Fsp3) is 0.914. The van der Waals surface area contributed by atoms with Gasteiger partial charge in [-0.25, -0.2) is 4.79 Å². The molecule has 8 nitrogen and oxygen atoms in total. The summed E-state index contributed by atoms with van der Waals surface area (Å²) in [6.45, 7) is 4.80. The number of carboxylic acids is 1. The molecule has 0 radical (unpaired) electrons. The fourth-order valence-electron chi connectivity index (χ4n) is 8.97. The van der Waals surface area contributed by atoms with Crippen molar-refractivity contribution < 1.29 is 38.2 Å². The number of esters is 2. The van der Waals surface area contributed by atoms with E-state index in [4.69, 9.17) is 14.2 Å². The van der Waals surface area contributed by atoms with Gasteiger partial charge in [-0.2, -0.15) is 0 Å². The Morgan fingerprint density at radius 2 is 0.758 bits per heavy atom. The summed E-state index contributed by atoms with van der Waals surface area (Å²) >= 11 is 0. The number of hydrogen-bond acceptors (Lipinski definition) is 6. The van der Waals surface area contributed by atoms with Gasteiger partial charge >= 0.3 is 17.9 Å². The third-order valence-corrected chi connectivity index (χ3v) is 13.4. The van der Waals surface area contributed by atoms with Crippen molar-refractivity contribution >= 4 is 17.9 Å². The standard InChI is InChI=1S/C58H111NO7/c1-6-8-10-12-14-16-18-20-22-24-26-27-28-29-31-33-35-37-39-41-43-45-47-49-57(61)66-54(52-64-51-50-55(58(62)63)59(3,4)5)53-65-56(60)48-46-44-42-40-38-36-34-32-30-25-23-21-19-17-15-13-11-9-7-2/h29,31,54-55H,6-28,30,32-53H2,1-5H3/p+1/b31-29+. The number of hydrogen-bond donors (Lipinski definition) is 1. The number of allylic oxidation sites excluding steroid dienone is 2. The zero-order chi connectivity index (χ0) is 48.4. The molecule has 0 aliphatic heterocycles. The van der Waals surface area contributed by atoms with Gasteiger partial charge < -0.3 is 23.8 Å². The van der Waals surface area contributed by atoms with E-state index in [1.807, 2.05) is 21.1 Å². The number of carboxylic acid groups (broad SMARTS) is 1. The topological polar surface area (TPSA) is 99.1 Å². The van der Waals surface area contributed by atoms with Crippen molar-refractivity contribution in [3.8, 4) is 0 Å². The zero-order valence-corrected chi connectivity index (χ0v) is 44.7. The quantitative estimate of drug-likeness (QED) is 0.0281. The highest BCUT2D eigenvalue weighted by molar-refractivity contribution is 5.72. The molecule has 0 aliphatic carbocycles. The molecule has 0 amide bonds. The summed E-state index contributed by atoms with van der Waals surface area (Å²) in [4.78, 5) is 37.3. The predicted octanol–water partition coefficient (Wildman–Crippen LogP) is 17.0. The molecule has 0 saturated carbocycles. The van der Waals surface area contributed by atoms with Crippen LogP contribution >= 0.6 is 0 Å². The van der Waals surface area contributed by atoms with E-state index < -0.39 is 18.1 Å². The van der Waals surface area contributed by atoms with Gasteiger partial charge in [-0.05, 0) is 38.5 Å². The zero-order valence-electron chi connectivity index (χ0n) is 44.7. The van der Waals surface area contributed by atoms with E-state index in [0.29, 0.717) is 19.3 Å². The molecular formula is C58H112NO7+. The van der Waals surface area contributed by atoms with Gasteiger partial charge in [-0.3, -0.25) is 9.59 Å². The first-order valence-electron chi connectivity index (χ1n) is 28.7. The number of carbonyl (C=O) groups excluding carboxylic acids is 2. The molecule has 0 bridgehead atoms. The van der Waals surface area contributed by atoms with Crippen LogP contribution in [0.1, 0.15) is 290 Å². The minimum absolute atomic E-state index is 0.0457. The maximum absolute atomic E-state index is 12.8. The van der Waals surface area contributed by atoms with Crippen LogP contribution in [0.25, 0.3) is 0 Å². The number of quaternary nitrogens is 1. The van der Waals surface area contributed by atoms with Crippen molar-refractivity contribution in [3.05, 3.63) is 12.2 Å². The predicted molar refractivity (Wildman–Crippen MR) is 280 cm³/mol. The molecule has 0 spiro atoms. The third-order valence-electron chi connectivity index (χ3n) is 13.4. The lowest BCUT2D eigenvalue weighted by Crippen LogP contribution is -2.50. The van der Waals surface area contributed by atoms with Gasteiger partial charge in [0.05, 0.1) is 34.4 Å². The summed E-state index contributed by atoms with van der Waals surface area (Å²) in [5, 5.41) is 9.67. The van der Waals surface area contributed by atoms with E-state index in [-0.39, 0.29) is 36.2 Å². The molecule has 0 aromatic heterocycles. The number of ether oxygens (including phenoxy) is 3. The summed E-state index contributed by atoms with van der Waals surface area (Å²) < 4.78 is 17.4. The molecular weight excluding hydrogens is 823 g/mol. The Kier molecular flexibility index (Phi) is 48.0. The lowest BCUT2D eigenvalue weighted by Gasteiger charge is -2.31. The molecule has 0 aliphatic rings. The summed E-state index contributed by atoms with van der Waals surface area (Å²) in [6, 6.07) is -0.612. The Balaban J connectivity index is 4.14. The van der Waals surface area contributed by atoms with E-state index in [2.05, 4.69) is 26.0 Å². The minimum atomic E-state index is -0.870. The number of likely N-dealkylation sites (N-methyl/N-ethyl adjacent to an activating group) is 1. The van der Waals surface area contributed by atoms with E-state index in [0.717, 1.165) is 38.5 Å². The molecule has 390 valence electrons. The monoisotopic (exact) mass is 935 g/mol. The van der Waals surface area contributed by atoms with Crippen LogP contribution in [0.5, 0.6) is 0 Å². The van der Waals surface area contributed by atoms with Crippen molar-refractivity contribution in [2.75, 3.05) is 41.0 Å². The largest absolute Gasteiger partial charge is 0.477 e. The van der Waals surface area contributed by atoms with Crippen LogP contribution in [0.15, 0.2) is 12.2 Å². The van der Waals surface area contributed by atoms with Gasteiger partial charge in [-0.15, -0.1) is 0 Å². The third kappa shape index (κ3) is 47.1. The Morgan fingerprint density at radius 1 is 0.439 bits per heavy atom. The summed E-state index contributed by atoms with van der Waals surface area (Å²) in [7, 11) is 5.55. The highest BCUT2D eigenvalue weighted by Crippen LogP contribution is 2.17. The van der Waals surface area contributed by atoms with Gasteiger partial charge in [0.15, 0.2) is 12.1 Å². The van der Waals surface area contributed by atoms with Crippen LogP contribution in [-0.2, 0) is 28.6 Å². The molecule has 1 N–H and O–H groups in total. The molecule has 0 heterocycles. The van der Waals surface area contributed by atoms with Crippen LogP contribution in [0, 0.1) is 0 Å². The lowest BCUT2D eigenvalue weighted by molar-refractivity contribution is -0.887. The molecule has 66 heavy (non-hydrogen) atoms. The second-order valence-electron chi connectivity index (χ2n) is 20.9. The smallest absolute Gasteiger partial charge is 0.362 e. The second-order valence-corrected chi connectivity index (χ2v) is 20.9. The van der Waals surface area contributed by atoms with Crippen LogP contribution in [0.2, 0.25) is 0 Å². The van der Waals surface area contributed by atoms with E-state index in [9.17, 15) is 19.5 Å². The van der Waals surface area contributed by atoms with Crippen molar-refractivity contribution in [3.63, 3.8) is 0 Å². The minimum Gasteiger partial charge on any atom is -0.477 e. The fourth-order valence-corrected chi connectivity index (χ4v) is 8.97.